The summed E-state index contributed by atoms with van der Waals surface area (Å²) in [6, 6.07) is 3.94. The molecule has 0 aliphatic carbocycles. The van der Waals surface area contributed by atoms with Crippen molar-refractivity contribution in [3.05, 3.63) is 35.9 Å². The monoisotopic (exact) mass is 655 g/mol. The lowest BCUT2D eigenvalue weighted by atomic mass is 9.99. The van der Waals surface area contributed by atoms with Crippen LogP contribution in [0.15, 0.2) is 30.3 Å². The molecule has 14 heteroatoms. The summed E-state index contributed by atoms with van der Waals surface area (Å²) in [7, 11) is 1.66. The molecule has 3 rings (SSSR count). The standard InChI is InChI=1S/C32H48F3N5O6/c1-20(2)25(37-29(44)39-17-14-22(15-18-39)38(6)30(45)46-31(3,4)5)28(43)40-16-10-13-24(40)27(42)36-23(26(41)32(33,34)35)19-21-11-8-7-9-12-21/h7-9,11-12,20,22-26,41H,10,13-19H2,1-6H3,(H,36,42)(H,37,44)/t23-,24-,25-,26-/m0/s1. The third-order valence-electron chi connectivity index (χ3n) is 8.37. The molecule has 0 spiro atoms. The number of alkyl halides is 3. The number of amides is 5. The molecular formula is C32H48F3N5O6. The minimum Gasteiger partial charge on any atom is -0.444 e. The number of nitrogens with zero attached hydrogens (tertiary/aromatic N) is 3. The zero-order chi connectivity index (χ0) is 34.4. The summed E-state index contributed by atoms with van der Waals surface area (Å²) in [5.74, 6) is -1.65. The lowest BCUT2D eigenvalue weighted by molar-refractivity contribution is -0.212. The lowest BCUT2D eigenvalue weighted by Gasteiger charge is -2.38. The van der Waals surface area contributed by atoms with E-state index in [2.05, 4.69) is 10.6 Å². The van der Waals surface area contributed by atoms with Crippen molar-refractivity contribution in [3.63, 3.8) is 0 Å². The van der Waals surface area contributed by atoms with Crippen LogP contribution in [-0.2, 0) is 20.7 Å². The molecule has 1 aromatic carbocycles. The fourth-order valence-corrected chi connectivity index (χ4v) is 5.78. The molecule has 2 heterocycles. The van der Waals surface area contributed by atoms with E-state index in [1.807, 2.05) is 0 Å². The van der Waals surface area contributed by atoms with Crippen LogP contribution in [-0.4, -0.2) is 112 Å². The number of halogens is 3. The second kappa shape index (κ2) is 15.4. The Bertz CT molecular complexity index is 1200. The van der Waals surface area contributed by atoms with Gasteiger partial charge in [-0.25, -0.2) is 9.59 Å². The quantitative estimate of drug-likeness (QED) is 0.372. The maximum Gasteiger partial charge on any atom is 0.416 e. The van der Waals surface area contributed by atoms with Crippen LogP contribution >= 0.6 is 0 Å². The molecule has 0 saturated carbocycles. The molecule has 258 valence electrons. The van der Waals surface area contributed by atoms with E-state index in [9.17, 15) is 37.5 Å². The Kier molecular flexibility index (Phi) is 12.3. The number of hydrogen-bond donors (Lipinski definition) is 3. The van der Waals surface area contributed by atoms with E-state index in [0.717, 1.165) is 0 Å². The molecule has 46 heavy (non-hydrogen) atoms. The van der Waals surface area contributed by atoms with Gasteiger partial charge in [0.05, 0.1) is 6.04 Å². The van der Waals surface area contributed by atoms with E-state index in [0.29, 0.717) is 37.9 Å². The molecule has 2 aliphatic heterocycles. The van der Waals surface area contributed by atoms with Crippen LogP contribution in [0.5, 0.6) is 0 Å². The third-order valence-corrected chi connectivity index (χ3v) is 8.37. The molecule has 2 aliphatic rings. The lowest BCUT2D eigenvalue weighted by Crippen LogP contribution is -2.59. The number of rotatable bonds is 9. The van der Waals surface area contributed by atoms with Gasteiger partial charge in [-0.15, -0.1) is 0 Å². The highest BCUT2D eigenvalue weighted by Gasteiger charge is 2.46. The van der Waals surface area contributed by atoms with E-state index in [-0.39, 0.29) is 31.3 Å². The predicted molar refractivity (Wildman–Crippen MR) is 165 cm³/mol. The van der Waals surface area contributed by atoms with Gasteiger partial charge in [0.15, 0.2) is 6.10 Å². The van der Waals surface area contributed by atoms with Crippen molar-refractivity contribution in [1.82, 2.24) is 25.3 Å². The minimum atomic E-state index is -4.97. The number of benzene rings is 1. The van der Waals surface area contributed by atoms with Crippen LogP contribution in [0.25, 0.3) is 0 Å². The molecular weight excluding hydrogens is 607 g/mol. The number of aliphatic hydroxyl groups is 1. The van der Waals surface area contributed by atoms with Gasteiger partial charge >= 0.3 is 18.3 Å². The zero-order valence-corrected chi connectivity index (χ0v) is 27.5. The average Bonchev–Trinajstić information content (AvgIpc) is 3.48. The molecule has 11 nitrogen and oxygen atoms in total. The average molecular weight is 656 g/mol. The molecule has 5 amide bonds. The fraction of sp³-hybridized carbons (Fsp3) is 0.688. The van der Waals surface area contributed by atoms with Gasteiger partial charge in [0.25, 0.3) is 0 Å². The molecule has 2 saturated heterocycles. The number of likely N-dealkylation sites (tertiary alicyclic amines) is 2. The largest absolute Gasteiger partial charge is 0.444 e. The number of ether oxygens (including phenoxy) is 1. The second-order valence-corrected chi connectivity index (χ2v) is 13.5. The summed E-state index contributed by atoms with van der Waals surface area (Å²) < 4.78 is 46.0. The Balaban J connectivity index is 1.64. The van der Waals surface area contributed by atoms with Crippen molar-refractivity contribution >= 4 is 23.9 Å². The third kappa shape index (κ3) is 9.97. The molecule has 0 unspecified atom stereocenters. The summed E-state index contributed by atoms with van der Waals surface area (Å²) in [5.41, 5.74) is -0.133. The summed E-state index contributed by atoms with van der Waals surface area (Å²) in [6.45, 7) is 9.77. The van der Waals surface area contributed by atoms with Crippen molar-refractivity contribution in [3.8, 4) is 0 Å². The van der Waals surface area contributed by atoms with Crippen molar-refractivity contribution in [2.45, 2.75) is 109 Å². The minimum absolute atomic E-state index is 0.119. The van der Waals surface area contributed by atoms with Gasteiger partial charge < -0.3 is 35.2 Å². The molecule has 1 aromatic rings. The zero-order valence-electron chi connectivity index (χ0n) is 27.5. The Morgan fingerprint density at radius 3 is 2.15 bits per heavy atom. The van der Waals surface area contributed by atoms with Crippen LogP contribution in [0.2, 0.25) is 0 Å². The van der Waals surface area contributed by atoms with Gasteiger partial charge in [-0.3, -0.25) is 9.59 Å². The van der Waals surface area contributed by atoms with Crippen molar-refractivity contribution < 1.29 is 42.2 Å². The topological polar surface area (TPSA) is 132 Å². The van der Waals surface area contributed by atoms with Crippen molar-refractivity contribution in [2.24, 2.45) is 5.92 Å². The summed E-state index contributed by atoms with van der Waals surface area (Å²) >= 11 is 0. The molecule has 3 N–H and O–H groups in total. The fourth-order valence-electron chi connectivity index (χ4n) is 5.78. The Labute approximate surface area is 268 Å². The van der Waals surface area contributed by atoms with Crippen LogP contribution in [0.4, 0.5) is 22.8 Å². The maximum atomic E-state index is 13.7. The second-order valence-electron chi connectivity index (χ2n) is 13.5. The number of aliphatic hydroxyl groups excluding tert-OH is 1. The number of piperidine rings is 1. The van der Waals surface area contributed by atoms with E-state index < -0.39 is 59.9 Å². The SMILES string of the molecule is CC(C)[C@H](NC(=O)N1CCC(N(C)C(=O)OC(C)(C)C)CC1)C(=O)N1CCC[C@H]1C(=O)N[C@@H](Cc1ccccc1)[C@H](O)C(F)(F)F. The Morgan fingerprint density at radius 2 is 1.61 bits per heavy atom. The Morgan fingerprint density at radius 1 is 1.00 bits per heavy atom. The van der Waals surface area contributed by atoms with E-state index in [1.165, 1.54) is 9.80 Å². The van der Waals surface area contributed by atoms with Gasteiger partial charge in [-0.1, -0.05) is 44.2 Å². The number of nitrogens with one attached hydrogen (secondary N) is 2. The van der Waals surface area contributed by atoms with Gasteiger partial charge in [0.1, 0.15) is 17.7 Å². The highest BCUT2D eigenvalue weighted by atomic mass is 19.4. The number of hydrogen-bond acceptors (Lipinski definition) is 6. The number of carbonyl (C=O) groups is 4. The first-order valence-corrected chi connectivity index (χ1v) is 15.8. The van der Waals surface area contributed by atoms with Gasteiger partial charge in [-0.05, 0) is 64.4 Å². The summed E-state index contributed by atoms with van der Waals surface area (Å²) in [6.07, 6.45) is -6.76. The molecule has 4 atom stereocenters. The summed E-state index contributed by atoms with van der Waals surface area (Å²) in [4.78, 5) is 57.2. The molecule has 0 bridgehead atoms. The van der Waals surface area contributed by atoms with Crippen molar-refractivity contribution in [1.29, 1.82) is 0 Å². The predicted octanol–water partition coefficient (Wildman–Crippen LogP) is 3.69. The normalized spacial score (nSPS) is 19.8. The highest BCUT2D eigenvalue weighted by Crippen LogP contribution is 2.26. The first-order valence-electron chi connectivity index (χ1n) is 15.8. The van der Waals surface area contributed by atoms with Gasteiger partial charge in [0.2, 0.25) is 11.8 Å². The number of urea groups is 1. The van der Waals surface area contributed by atoms with Crippen LogP contribution in [0.1, 0.15) is 65.9 Å². The van der Waals surface area contributed by atoms with E-state index in [1.54, 1.807) is 76.9 Å². The van der Waals surface area contributed by atoms with E-state index in [4.69, 9.17) is 4.74 Å². The summed E-state index contributed by atoms with van der Waals surface area (Å²) in [5, 5.41) is 15.2. The first kappa shape index (κ1) is 36.9. The first-order chi connectivity index (χ1) is 21.4. The number of carbonyl (C=O) groups excluding carboxylic acids is 4. The van der Waals surface area contributed by atoms with Crippen molar-refractivity contribution in [2.75, 3.05) is 26.7 Å². The van der Waals surface area contributed by atoms with E-state index >= 15 is 0 Å². The van der Waals surface area contributed by atoms with Gasteiger partial charge in [0, 0.05) is 32.7 Å². The van der Waals surface area contributed by atoms with Gasteiger partial charge in [-0.2, -0.15) is 13.2 Å². The van der Waals surface area contributed by atoms with Crippen LogP contribution in [0.3, 0.4) is 0 Å². The highest BCUT2D eigenvalue weighted by molar-refractivity contribution is 5.92. The van der Waals surface area contributed by atoms with Crippen LogP contribution in [0, 0.1) is 5.92 Å². The molecule has 0 aromatic heterocycles. The molecule has 0 radical (unpaired) electrons. The van der Waals surface area contributed by atoms with Crippen LogP contribution < -0.4 is 10.6 Å². The molecule has 2 fully saturated rings. The Hall–Kier alpha value is -3.55. The smallest absolute Gasteiger partial charge is 0.416 e. The maximum absolute atomic E-state index is 13.7.